The Labute approximate surface area is 777 Å². The molecule has 38 heteroatoms. The zero-order chi connectivity index (χ0) is 99.2. The van der Waals surface area contributed by atoms with Gasteiger partial charge >= 0.3 is 30.3 Å². The first-order valence-electron chi connectivity index (χ1n) is 47.3. The van der Waals surface area contributed by atoms with Crippen molar-refractivity contribution < 1.29 is 95.8 Å². The van der Waals surface area contributed by atoms with E-state index in [1.807, 2.05) is 145 Å². The lowest BCUT2D eigenvalue weighted by atomic mass is 9.80. The molecule has 740 valence electrons. The van der Waals surface area contributed by atoms with Crippen LogP contribution in [0.5, 0.6) is 0 Å². The summed E-state index contributed by atoms with van der Waals surface area (Å²) >= 11 is 0. The Morgan fingerprint density at radius 2 is 0.667 bits per heavy atom. The lowest BCUT2D eigenvalue weighted by Crippen LogP contribution is -2.62. The van der Waals surface area contributed by atoms with Gasteiger partial charge in [0.1, 0.15) is 49.5 Å². The number of hydrogen-bond acceptors (Lipinski definition) is 20. The highest BCUT2D eigenvalue weighted by atomic mass is 16.6. The maximum atomic E-state index is 14.3. The number of rotatable bonds is 33. The number of fused-ring (bicyclic) bond motifs is 3. The lowest BCUT2D eigenvalue weighted by molar-refractivity contribution is -0.145. The van der Waals surface area contributed by atoms with Crippen LogP contribution in [-0.2, 0) is 71.8 Å². The molecule has 6 aliphatic heterocycles. The van der Waals surface area contributed by atoms with Gasteiger partial charge in [0.15, 0.2) is 0 Å². The molecule has 132 heavy (non-hydrogen) atoms. The number of nitrogens with zero attached hydrogens (tertiary/aromatic N) is 6. The number of carbonyl (C=O) groups is 18. The van der Waals surface area contributed by atoms with Gasteiger partial charge in [-0.1, -0.05) is 212 Å². The number of cyclic esters (lactones) is 2. The molecule has 0 bridgehead atoms. The van der Waals surface area contributed by atoms with Crippen molar-refractivity contribution in [1.82, 2.24) is 77.3 Å². The van der Waals surface area contributed by atoms with E-state index in [9.17, 15) is 86.3 Å². The van der Waals surface area contributed by atoms with Crippen molar-refractivity contribution in [2.45, 2.75) is 316 Å². The Morgan fingerprint density at radius 3 is 0.902 bits per heavy atom. The minimum atomic E-state index is -1.12. The van der Waals surface area contributed by atoms with Gasteiger partial charge in [-0.15, -0.1) is 0 Å². The third-order valence-electron chi connectivity index (χ3n) is 29.8. The van der Waals surface area contributed by atoms with Crippen molar-refractivity contribution >= 4 is 107 Å². The highest BCUT2D eigenvalue weighted by Gasteiger charge is 2.73. The van der Waals surface area contributed by atoms with Crippen LogP contribution < -0.4 is 65.1 Å². The summed E-state index contributed by atoms with van der Waals surface area (Å²) in [6.45, 7) is 52.4. The summed E-state index contributed by atoms with van der Waals surface area (Å²) in [6, 6.07) is -11.5. The maximum absolute atomic E-state index is 14.3. The fourth-order valence-corrected chi connectivity index (χ4v) is 20.3. The number of nitrogens with two attached hydrogens (primary N) is 3. The quantitative estimate of drug-likeness (QED) is 0.0395. The Hall–Kier alpha value is -9.94. The van der Waals surface area contributed by atoms with E-state index in [1.54, 1.807) is 14.7 Å². The van der Waals surface area contributed by atoms with Crippen molar-refractivity contribution in [3.63, 3.8) is 0 Å². The van der Waals surface area contributed by atoms with Gasteiger partial charge in [-0.2, -0.15) is 0 Å². The standard InChI is InChI=1S/C32H52N6O7.C31H50N6O7.C31H52N6O6/c1-30(2,3)20(16-37-12-13-45-29(37)44)35-28(43)36-24(31(4,5)6)27(42)38-15-18-21(32(18,7)8)22(38)26(41)34-19(23(39)25(33)40)14-17-10-9-11-17;1-29(2,3)19(15-36-11-12-44-28(36)43)34-27(42)35-23(30(4,5)6)26(41)37-14-17-20(31(17,7)8)21(37)25(40)33-18(13-16-9-10-16)22(38)24(32)39;1-10-12-18(23(39)25(32)40)33-26(41)22-21-17(31(21,8)9)15-37(22)27(42)24(30(5,6)7)35-28(43)34-19(29(2,3)4)16-36-14-11-13-20(36)38/h17-22,24H,9-16H2,1-8H3,(H2,33,40)(H,34,41)(H2,35,36,43);16-21,23H,9-15H2,1-8H3,(H2,32,39)(H,33,40)(H2,34,35,42);17-19,21-22,24H,10-16H2,1-9H3,(H2,32,40)(H,33,41)(H2,34,35,43)/t18-,19?,20+,21-,22-,24+;17-,18?,19+,20-,21-,23+;17-,18?,19+,21-,22-,24+/m000/s1. The first-order valence-corrected chi connectivity index (χ1v) is 47.3. The number of primary amides is 3. The SMILES string of the molecule is CC(C)(C)[C@H](NC(=O)N[C@H](CN1CCOC1=O)C(C)(C)C)C(=O)N1C[C@H]2[C@@H]([C@H]1C(=O)NC(CC1CC1)C(=O)C(N)=O)C2(C)C.CC(C)(C)[C@H](NC(=O)N[C@H](CN1CCOC1=O)C(C)(C)C)C(=O)N1C[C@H]2[C@@H]([C@H]1C(=O)NC(CC1CCC1)C(=O)C(N)=O)C2(C)C.CCCC(NC(=O)[C@@H]1[C@@H]2[C@H](CN1C(=O)[C@@H](NC(=O)N[C@H](CN1CCCC1=O)C(C)(C)C)C(C)(C)C)C2(C)C)C(=O)C(N)=O. The number of hydrogen-bond donors (Lipinski definition) is 12. The molecule has 11 fully saturated rings. The molecule has 5 saturated carbocycles. The van der Waals surface area contributed by atoms with Gasteiger partial charge in [0, 0.05) is 52.2 Å². The molecule has 11 aliphatic rings. The summed E-state index contributed by atoms with van der Waals surface area (Å²) in [5, 5.41) is 25.8. The number of piperidine rings is 3. The zero-order valence-corrected chi connectivity index (χ0v) is 82.7. The number of urea groups is 3. The summed E-state index contributed by atoms with van der Waals surface area (Å²) in [5.41, 5.74) is 12.0. The van der Waals surface area contributed by atoms with Crippen LogP contribution in [0.2, 0.25) is 0 Å². The van der Waals surface area contributed by atoms with Gasteiger partial charge in [0.2, 0.25) is 58.7 Å². The molecule has 11 rings (SSSR count). The Bertz CT molecular complexity index is 4420. The van der Waals surface area contributed by atoms with E-state index in [0.29, 0.717) is 84.7 Å². The summed E-state index contributed by atoms with van der Waals surface area (Å²) in [7, 11) is 0. The molecule has 0 spiro atoms. The zero-order valence-electron chi connectivity index (χ0n) is 82.7. The van der Waals surface area contributed by atoms with Gasteiger partial charge in [-0.05, 0) is 122 Å². The highest BCUT2D eigenvalue weighted by Crippen LogP contribution is 2.67. The molecule has 0 aromatic heterocycles. The van der Waals surface area contributed by atoms with E-state index in [0.717, 1.165) is 38.5 Å². The van der Waals surface area contributed by atoms with Crippen molar-refractivity contribution in [3.8, 4) is 0 Å². The monoisotopic (exact) mass is 1860 g/mol. The molecule has 6 saturated heterocycles. The highest BCUT2D eigenvalue weighted by molar-refractivity contribution is 6.39. The molecular weight excluding hydrogens is 1700 g/mol. The second-order valence-electron chi connectivity index (χ2n) is 47.1. The average molecular weight is 1860 g/mol. The molecule has 0 aromatic rings. The molecule has 38 nitrogen and oxygen atoms in total. The van der Waals surface area contributed by atoms with Crippen LogP contribution >= 0.6 is 0 Å². The average Bonchev–Trinajstić information content (AvgIpc) is 1.53. The van der Waals surface area contributed by atoms with E-state index in [4.69, 9.17) is 26.7 Å². The molecule has 5 aliphatic carbocycles. The van der Waals surface area contributed by atoms with E-state index in [2.05, 4.69) is 75.5 Å². The largest absolute Gasteiger partial charge is 0.448 e. The first-order chi connectivity index (χ1) is 60.7. The number of ether oxygens (including phenoxy) is 2. The second-order valence-corrected chi connectivity index (χ2v) is 47.1. The van der Waals surface area contributed by atoms with Gasteiger partial charge in [-0.25, -0.2) is 24.0 Å². The molecule has 18 amide bonds. The second kappa shape index (κ2) is 39.9. The molecule has 0 radical (unpaired) electrons. The third kappa shape index (κ3) is 24.8. The van der Waals surface area contributed by atoms with E-state index < -0.39 is 188 Å². The summed E-state index contributed by atoms with van der Waals surface area (Å²) in [4.78, 5) is 243. The van der Waals surface area contributed by atoms with Gasteiger partial charge in [0.05, 0.1) is 49.3 Å². The van der Waals surface area contributed by atoms with Crippen molar-refractivity contribution in [3.05, 3.63) is 0 Å². The predicted octanol–water partition coefficient (Wildman–Crippen LogP) is 4.73. The Kier molecular flexibility index (Phi) is 32.0. The topological polar surface area (TPSA) is 531 Å². The summed E-state index contributed by atoms with van der Waals surface area (Å²) < 4.78 is 10.1. The van der Waals surface area contributed by atoms with Crippen LogP contribution in [0.25, 0.3) is 0 Å². The van der Waals surface area contributed by atoms with Crippen molar-refractivity contribution in [2.75, 3.05) is 72.1 Å². The van der Waals surface area contributed by atoms with Gasteiger partial charge in [0.25, 0.3) is 17.7 Å². The predicted molar refractivity (Wildman–Crippen MR) is 488 cm³/mol. The van der Waals surface area contributed by atoms with E-state index >= 15 is 0 Å². The van der Waals surface area contributed by atoms with Crippen LogP contribution in [0.15, 0.2) is 0 Å². The number of Topliss-reactive ketones (excluding diaryl/α,β-unsaturated/α-hetero) is 3. The number of ketones is 3. The molecule has 18 atom stereocenters. The first kappa shape index (κ1) is 106. The number of carbonyl (C=O) groups excluding carboxylic acids is 18. The van der Waals surface area contributed by atoms with E-state index in [-0.39, 0.29) is 106 Å². The molecule has 15 N–H and O–H groups in total. The van der Waals surface area contributed by atoms with Crippen LogP contribution in [0.4, 0.5) is 24.0 Å². The number of likely N-dealkylation sites (tertiary alicyclic amines) is 4. The molecule has 6 heterocycles. The van der Waals surface area contributed by atoms with Crippen LogP contribution in [0.1, 0.15) is 244 Å². The Morgan fingerprint density at radius 1 is 0.379 bits per heavy atom. The normalized spacial score (nSPS) is 25.8. The minimum Gasteiger partial charge on any atom is -0.448 e. The minimum absolute atomic E-state index is 0.0674. The van der Waals surface area contributed by atoms with Gasteiger partial charge in [-0.3, -0.25) is 62.3 Å². The van der Waals surface area contributed by atoms with Gasteiger partial charge < -0.3 is 104 Å². The lowest BCUT2D eigenvalue weighted by Gasteiger charge is -2.39. The Balaban J connectivity index is 0.000000223. The maximum Gasteiger partial charge on any atom is 0.410 e. The van der Waals surface area contributed by atoms with Crippen LogP contribution in [-0.4, -0.2) is 281 Å². The fraction of sp³-hybridized carbons (Fsp3) is 0.809. The van der Waals surface area contributed by atoms with Crippen molar-refractivity contribution in [1.29, 1.82) is 0 Å². The molecule has 3 unspecified atom stereocenters. The van der Waals surface area contributed by atoms with E-state index in [1.165, 1.54) is 14.7 Å². The smallest absolute Gasteiger partial charge is 0.410 e. The molecule has 0 aromatic carbocycles. The number of amides is 18. The van der Waals surface area contributed by atoms with Crippen LogP contribution in [0.3, 0.4) is 0 Å². The summed E-state index contributed by atoms with van der Waals surface area (Å²) in [6.07, 6.45) is 6.61. The third-order valence-corrected chi connectivity index (χ3v) is 29.8. The van der Waals surface area contributed by atoms with Crippen molar-refractivity contribution in [2.24, 2.45) is 113 Å². The fourth-order valence-electron chi connectivity index (χ4n) is 20.3. The van der Waals surface area contributed by atoms with Crippen LogP contribution in [0, 0.1) is 96.1 Å². The molecular formula is C94H154N18O20. The summed E-state index contributed by atoms with van der Waals surface area (Å²) in [5.74, 6) is -8.10. The number of nitrogens with one attached hydrogen (secondary N) is 9.